The zero-order valence-corrected chi connectivity index (χ0v) is 24.2. The predicted molar refractivity (Wildman–Crippen MR) is 184 cm³/mol. The molecule has 0 unspecified atom stereocenters. The Morgan fingerprint density at radius 3 is 1.73 bits per heavy atom. The second kappa shape index (κ2) is 10.2. The average Bonchev–Trinajstić information content (AvgIpc) is 3.51. The van der Waals surface area contributed by atoms with Gasteiger partial charge in [0.05, 0.1) is 5.56 Å². The highest BCUT2D eigenvalue weighted by Gasteiger charge is 2.18. The lowest BCUT2D eigenvalue weighted by Crippen LogP contribution is -2.00. The number of rotatable bonds is 4. The smallest absolute Gasteiger partial charge is 0.167 e. The van der Waals surface area contributed by atoms with Gasteiger partial charge in [0.2, 0.25) is 0 Å². The monoisotopic (exact) mass is 575 g/mol. The zero-order valence-electron chi connectivity index (χ0n) is 24.2. The fraction of sp³-hybridized carbons (Fsp3) is 0. The third kappa shape index (κ3) is 4.35. The maximum atomic E-state index is 6.64. The Morgan fingerprint density at radius 1 is 0.333 bits per heavy atom. The number of para-hydroxylation sites is 1. The lowest BCUT2D eigenvalue weighted by Gasteiger charge is -2.10. The van der Waals surface area contributed by atoms with Crippen molar-refractivity contribution in [1.29, 1.82) is 0 Å². The van der Waals surface area contributed by atoms with Crippen LogP contribution in [-0.2, 0) is 0 Å². The summed E-state index contributed by atoms with van der Waals surface area (Å²) in [4.78, 5) is 15.0. The van der Waals surface area contributed by atoms with E-state index in [1.54, 1.807) is 0 Å². The van der Waals surface area contributed by atoms with Gasteiger partial charge in [0.1, 0.15) is 11.2 Å². The van der Waals surface area contributed by atoms with Crippen molar-refractivity contribution in [3.05, 3.63) is 152 Å². The molecule has 45 heavy (non-hydrogen) atoms. The summed E-state index contributed by atoms with van der Waals surface area (Å²) in [5.74, 6) is 1.81. The van der Waals surface area contributed by atoms with Gasteiger partial charge in [-0.15, -0.1) is 0 Å². The highest BCUT2D eigenvalue weighted by molar-refractivity contribution is 6.17. The van der Waals surface area contributed by atoms with E-state index >= 15 is 0 Å². The van der Waals surface area contributed by atoms with Gasteiger partial charge in [-0.05, 0) is 45.5 Å². The minimum Gasteiger partial charge on any atom is -0.455 e. The van der Waals surface area contributed by atoms with Crippen LogP contribution < -0.4 is 0 Å². The average molecular weight is 576 g/mol. The van der Waals surface area contributed by atoms with Crippen LogP contribution in [0.1, 0.15) is 0 Å². The maximum absolute atomic E-state index is 6.64. The number of aromatic nitrogens is 3. The van der Waals surface area contributed by atoms with E-state index in [0.717, 1.165) is 55.0 Å². The van der Waals surface area contributed by atoms with E-state index in [1.165, 1.54) is 16.3 Å². The first-order valence-electron chi connectivity index (χ1n) is 15.0. The third-order valence-electron chi connectivity index (χ3n) is 8.52. The Morgan fingerprint density at radius 2 is 0.911 bits per heavy atom. The molecule has 0 amide bonds. The standard InChI is InChI=1S/C41H25N3O/c1-2-11-29(12-3-1)39-42-40(30-20-17-27(18-21-30)32-22-19-26-9-4-5-13-31(26)25-32)44-41(43-39)36-16-8-15-34-35-24-23-28-10-6-7-14-33(28)37(35)45-38(34)36/h1-25H. The van der Waals surface area contributed by atoms with E-state index in [1.807, 2.05) is 54.6 Å². The van der Waals surface area contributed by atoms with Gasteiger partial charge in [-0.1, -0.05) is 133 Å². The van der Waals surface area contributed by atoms with Crippen LogP contribution in [0.4, 0.5) is 0 Å². The van der Waals surface area contributed by atoms with E-state index < -0.39 is 0 Å². The molecule has 0 saturated heterocycles. The van der Waals surface area contributed by atoms with Crippen molar-refractivity contribution in [2.45, 2.75) is 0 Å². The van der Waals surface area contributed by atoms with Gasteiger partial charge in [0.15, 0.2) is 17.5 Å². The molecule has 2 heterocycles. The minimum absolute atomic E-state index is 0.575. The van der Waals surface area contributed by atoms with Crippen LogP contribution in [0.3, 0.4) is 0 Å². The van der Waals surface area contributed by atoms with Gasteiger partial charge < -0.3 is 4.42 Å². The molecule has 0 spiro atoms. The molecule has 0 atom stereocenters. The molecule has 210 valence electrons. The Kier molecular flexibility index (Phi) is 5.78. The Hall–Kier alpha value is -6.13. The summed E-state index contributed by atoms with van der Waals surface area (Å²) < 4.78 is 6.64. The van der Waals surface area contributed by atoms with Gasteiger partial charge in [-0.2, -0.15) is 0 Å². The summed E-state index contributed by atoms with van der Waals surface area (Å²) in [5, 5.41) is 6.80. The molecular weight excluding hydrogens is 550 g/mol. The molecule has 0 N–H and O–H groups in total. The Labute approximate surface area is 259 Å². The second-order valence-electron chi connectivity index (χ2n) is 11.3. The molecule has 0 aliphatic carbocycles. The number of fused-ring (bicyclic) bond motifs is 6. The van der Waals surface area contributed by atoms with E-state index in [4.69, 9.17) is 19.4 Å². The van der Waals surface area contributed by atoms with Crippen molar-refractivity contribution in [2.75, 3.05) is 0 Å². The first-order chi connectivity index (χ1) is 22.3. The summed E-state index contributed by atoms with van der Waals surface area (Å²) in [5.41, 5.74) is 6.64. The molecule has 0 bridgehead atoms. The first-order valence-corrected chi connectivity index (χ1v) is 15.0. The van der Waals surface area contributed by atoms with Crippen molar-refractivity contribution < 1.29 is 4.42 Å². The predicted octanol–water partition coefficient (Wildman–Crippen LogP) is 10.7. The highest BCUT2D eigenvalue weighted by atomic mass is 16.3. The molecule has 0 saturated carbocycles. The minimum atomic E-state index is 0.575. The molecule has 0 aliphatic rings. The molecular formula is C41H25N3O. The number of nitrogens with zero attached hydrogens (tertiary/aromatic N) is 3. The van der Waals surface area contributed by atoms with E-state index in [0.29, 0.717) is 17.5 Å². The first kappa shape index (κ1) is 25.4. The molecule has 0 aliphatic heterocycles. The summed E-state index contributed by atoms with van der Waals surface area (Å²) in [6.45, 7) is 0. The molecule has 9 rings (SSSR count). The van der Waals surface area contributed by atoms with E-state index in [-0.39, 0.29) is 0 Å². The van der Waals surface area contributed by atoms with Crippen LogP contribution >= 0.6 is 0 Å². The van der Waals surface area contributed by atoms with Crippen molar-refractivity contribution in [3.63, 3.8) is 0 Å². The van der Waals surface area contributed by atoms with Crippen LogP contribution in [0.5, 0.6) is 0 Å². The largest absolute Gasteiger partial charge is 0.455 e. The van der Waals surface area contributed by atoms with Gasteiger partial charge in [-0.25, -0.2) is 15.0 Å². The molecule has 4 nitrogen and oxygen atoms in total. The number of hydrogen-bond donors (Lipinski definition) is 0. The summed E-state index contributed by atoms with van der Waals surface area (Å²) in [6.07, 6.45) is 0. The normalized spacial score (nSPS) is 11.6. The highest BCUT2D eigenvalue weighted by Crippen LogP contribution is 2.38. The van der Waals surface area contributed by atoms with Crippen LogP contribution in [0.25, 0.3) is 88.8 Å². The van der Waals surface area contributed by atoms with E-state index in [2.05, 4.69) is 97.1 Å². The summed E-state index contributed by atoms with van der Waals surface area (Å²) in [7, 11) is 0. The van der Waals surface area contributed by atoms with Crippen molar-refractivity contribution >= 4 is 43.5 Å². The van der Waals surface area contributed by atoms with Crippen molar-refractivity contribution in [3.8, 4) is 45.3 Å². The topological polar surface area (TPSA) is 51.8 Å². The maximum Gasteiger partial charge on any atom is 0.167 e. The third-order valence-corrected chi connectivity index (χ3v) is 8.52. The Bertz CT molecular complexity index is 2530. The number of benzene rings is 7. The molecule has 9 aromatic rings. The second-order valence-corrected chi connectivity index (χ2v) is 11.3. The zero-order chi connectivity index (χ0) is 29.7. The molecule has 7 aromatic carbocycles. The number of furan rings is 1. The number of hydrogen-bond acceptors (Lipinski definition) is 4. The van der Waals surface area contributed by atoms with E-state index in [9.17, 15) is 0 Å². The molecule has 4 heteroatoms. The molecule has 2 aromatic heterocycles. The van der Waals surface area contributed by atoms with Crippen molar-refractivity contribution in [1.82, 2.24) is 15.0 Å². The van der Waals surface area contributed by atoms with Crippen LogP contribution in [0, 0.1) is 0 Å². The van der Waals surface area contributed by atoms with Gasteiger partial charge in [-0.3, -0.25) is 0 Å². The fourth-order valence-electron chi connectivity index (χ4n) is 6.22. The van der Waals surface area contributed by atoms with Gasteiger partial charge in [0.25, 0.3) is 0 Å². The lowest BCUT2D eigenvalue weighted by molar-refractivity contribution is 0.673. The fourth-order valence-corrected chi connectivity index (χ4v) is 6.22. The van der Waals surface area contributed by atoms with Crippen LogP contribution in [0.2, 0.25) is 0 Å². The van der Waals surface area contributed by atoms with Crippen molar-refractivity contribution in [2.24, 2.45) is 0 Å². The lowest BCUT2D eigenvalue weighted by atomic mass is 10.00. The summed E-state index contributed by atoms with van der Waals surface area (Å²) >= 11 is 0. The van der Waals surface area contributed by atoms with Crippen LogP contribution in [0.15, 0.2) is 156 Å². The Balaban J connectivity index is 1.20. The molecule has 0 fully saturated rings. The van der Waals surface area contributed by atoms with Gasteiger partial charge in [0, 0.05) is 27.3 Å². The van der Waals surface area contributed by atoms with Crippen LogP contribution in [-0.4, -0.2) is 15.0 Å². The quantitative estimate of drug-likeness (QED) is 0.209. The van der Waals surface area contributed by atoms with Gasteiger partial charge >= 0.3 is 0 Å². The summed E-state index contributed by atoms with van der Waals surface area (Å²) in [6, 6.07) is 52.3. The molecule has 0 radical (unpaired) electrons. The SMILES string of the molecule is c1ccc(-c2nc(-c3ccc(-c4ccc5ccccc5c4)cc3)nc(-c3cccc4c3oc3c5ccccc5ccc43)n2)cc1.